The molecule has 3 rings (SSSR count). The molecule has 0 bridgehead atoms. The number of hydrogen-bond acceptors (Lipinski definition) is 4. The number of aromatic nitrogens is 2. The number of nitrogens with zero attached hydrogens (tertiary/aromatic N) is 4. The molecule has 96 valence electrons. The minimum Gasteiger partial charge on any atom is -0.375 e. The number of piperidine rings is 1. The molecule has 0 spiro atoms. The van der Waals surface area contributed by atoms with Crippen molar-refractivity contribution in [2.45, 2.75) is 24.4 Å². The van der Waals surface area contributed by atoms with Crippen LogP contribution in [0.25, 0.3) is 0 Å². The van der Waals surface area contributed by atoms with Crippen molar-refractivity contribution in [3.63, 3.8) is 0 Å². The SMILES string of the molecule is N#CC1(N2CCC(n3cc(Br)cn3)CC2)COC1. The van der Waals surface area contributed by atoms with Crippen LogP contribution in [0.2, 0.25) is 0 Å². The van der Waals surface area contributed by atoms with Gasteiger partial charge in [0.05, 0.1) is 36.0 Å². The van der Waals surface area contributed by atoms with Crippen molar-refractivity contribution in [2.24, 2.45) is 0 Å². The summed E-state index contributed by atoms with van der Waals surface area (Å²) < 4.78 is 8.25. The average Bonchev–Trinajstić information content (AvgIpc) is 2.76. The van der Waals surface area contributed by atoms with Gasteiger partial charge >= 0.3 is 0 Å². The largest absolute Gasteiger partial charge is 0.375 e. The van der Waals surface area contributed by atoms with E-state index in [4.69, 9.17) is 4.74 Å². The molecule has 0 radical (unpaired) electrons. The van der Waals surface area contributed by atoms with Crippen molar-refractivity contribution in [3.8, 4) is 6.07 Å². The van der Waals surface area contributed by atoms with Crippen LogP contribution in [0.5, 0.6) is 0 Å². The highest BCUT2D eigenvalue weighted by Gasteiger charge is 2.45. The second-order valence-electron chi connectivity index (χ2n) is 4.99. The first-order chi connectivity index (χ1) is 8.73. The zero-order chi connectivity index (χ0) is 12.6. The number of likely N-dealkylation sites (tertiary alicyclic amines) is 1. The average molecular weight is 311 g/mol. The van der Waals surface area contributed by atoms with Gasteiger partial charge in [0.15, 0.2) is 5.54 Å². The molecule has 5 nitrogen and oxygen atoms in total. The van der Waals surface area contributed by atoms with Gasteiger partial charge in [-0.25, -0.2) is 0 Å². The molecule has 2 aliphatic heterocycles. The van der Waals surface area contributed by atoms with Gasteiger partial charge in [-0.05, 0) is 28.8 Å². The van der Waals surface area contributed by atoms with Gasteiger partial charge in [-0.2, -0.15) is 10.4 Å². The van der Waals surface area contributed by atoms with Gasteiger partial charge in [-0.1, -0.05) is 0 Å². The zero-order valence-electron chi connectivity index (χ0n) is 10.0. The summed E-state index contributed by atoms with van der Waals surface area (Å²) in [5.74, 6) is 0. The lowest BCUT2D eigenvalue weighted by Gasteiger charge is -2.47. The third kappa shape index (κ3) is 1.96. The second kappa shape index (κ2) is 4.65. The predicted octanol–water partition coefficient (Wildman–Crippen LogP) is 1.58. The van der Waals surface area contributed by atoms with Crippen molar-refractivity contribution in [2.75, 3.05) is 26.3 Å². The molecule has 3 heterocycles. The van der Waals surface area contributed by atoms with Crippen LogP contribution in [-0.2, 0) is 4.74 Å². The van der Waals surface area contributed by atoms with Crippen molar-refractivity contribution in [3.05, 3.63) is 16.9 Å². The molecule has 0 aliphatic carbocycles. The molecule has 0 N–H and O–H groups in total. The Bertz CT molecular complexity index is 469. The highest BCUT2D eigenvalue weighted by molar-refractivity contribution is 9.10. The smallest absolute Gasteiger partial charge is 0.156 e. The highest BCUT2D eigenvalue weighted by atomic mass is 79.9. The van der Waals surface area contributed by atoms with Gasteiger partial charge in [0.25, 0.3) is 0 Å². The normalized spacial score (nSPS) is 24.4. The third-order valence-electron chi connectivity index (χ3n) is 3.90. The van der Waals surface area contributed by atoms with E-state index in [1.165, 1.54) is 0 Å². The van der Waals surface area contributed by atoms with E-state index in [1.807, 2.05) is 17.1 Å². The standard InChI is InChI=1S/C12H15BrN4O/c13-10-5-15-17(6-10)11-1-3-16(4-2-11)12(7-14)8-18-9-12/h5-6,11H,1-4,8-9H2. The molecule has 6 heteroatoms. The van der Waals surface area contributed by atoms with E-state index >= 15 is 0 Å². The quantitative estimate of drug-likeness (QED) is 0.832. The monoisotopic (exact) mass is 310 g/mol. The second-order valence-corrected chi connectivity index (χ2v) is 5.91. The first-order valence-corrected chi connectivity index (χ1v) is 6.96. The van der Waals surface area contributed by atoms with Crippen LogP contribution >= 0.6 is 15.9 Å². The molecule has 2 fully saturated rings. The van der Waals surface area contributed by atoms with E-state index in [1.54, 1.807) is 0 Å². The molecule has 0 amide bonds. The van der Waals surface area contributed by atoms with Crippen LogP contribution in [0.15, 0.2) is 16.9 Å². The van der Waals surface area contributed by atoms with Gasteiger partial charge in [0.1, 0.15) is 0 Å². The van der Waals surface area contributed by atoms with E-state index in [9.17, 15) is 5.26 Å². The molecular formula is C12H15BrN4O. The van der Waals surface area contributed by atoms with Gasteiger partial charge < -0.3 is 4.74 Å². The van der Waals surface area contributed by atoms with Crippen LogP contribution in [0.3, 0.4) is 0 Å². The van der Waals surface area contributed by atoms with Crippen LogP contribution in [-0.4, -0.2) is 46.5 Å². The Balaban J connectivity index is 1.63. The van der Waals surface area contributed by atoms with E-state index in [0.717, 1.165) is 30.4 Å². The Hall–Kier alpha value is -0.900. The lowest BCUT2D eigenvalue weighted by molar-refractivity contribution is -0.116. The van der Waals surface area contributed by atoms with Gasteiger partial charge in [-0.15, -0.1) is 0 Å². The molecule has 18 heavy (non-hydrogen) atoms. The molecular weight excluding hydrogens is 296 g/mol. The van der Waals surface area contributed by atoms with Crippen molar-refractivity contribution in [1.29, 1.82) is 5.26 Å². The minimum absolute atomic E-state index is 0.352. The first kappa shape index (κ1) is 12.2. The molecule has 1 aromatic rings. The number of halogens is 1. The van der Waals surface area contributed by atoms with Crippen LogP contribution in [0.4, 0.5) is 0 Å². The van der Waals surface area contributed by atoms with Crippen molar-refractivity contribution < 1.29 is 4.74 Å². The van der Waals surface area contributed by atoms with Crippen LogP contribution < -0.4 is 0 Å². The summed E-state index contributed by atoms with van der Waals surface area (Å²) in [7, 11) is 0. The van der Waals surface area contributed by atoms with Gasteiger partial charge in [0.2, 0.25) is 0 Å². The summed E-state index contributed by atoms with van der Waals surface area (Å²) in [6.45, 7) is 3.00. The van der Waals surface area contributed by atoms with Crippen molar-refractivity contribution in [1.82, 2.24) is 14.7 Å². The van der Waals surface area contributed by atoms with E-state index in [2.05, 4.69) is 32.0 Å². The molecule has 2 saturated heterocycles. The lowest BCUT2D eigenvalue weighted by Crippen LogP contribution is -2.63. The number of rotatable bonds is 2. The molecule has 0 aromatic carbocycles. The maximum atomic E-state index is 9.28. The fourth-order valence-electron chi connectivity index (χ4n) is 2.69. The maximum Gasteiger partial charge on any atom is 0.156 e. The summed E-state index contributed by atoms with van der Waals surface area (Å²) in [6, 6.07) is 2.86. The topological polar surface area (TPSA) is 54.1 Å². The van der Waals surface area contributed by atoms with E-state index < -0.39 is 0 Å². The molecule has 2 aliphatic rings. The lowest BCUT2D eigenvalue weighted by atomic mass is 9.92. The van der Waals surface area contributed by atoms with Crippen LogP contribution in [0, 0.1) is 11.3 Å². The number of hydrogen-bond donors (Lipinski definition) is 0. The third-order valence-corrected chi connectivity index (χ3v) is 4.31. The van der Waals surface area contributed by atoms with Gasteiger partial charge in [-0.3, -0.25) is 9.58 Å². The highest BCUT2D eigenvalue weighted by Crippen LogP contribution is 2.31. The Morgan fingerprint density at radius 3 is 2.61 bits per heavy atom. The first-order valence-electron chi connectivity index (χ1n) is 6.17. The molecule has 1 aromatic heterocycles. The number of nitriles is 1. The zero-order valence-corrected chi connectivity index (χ0v) is 11.6. The van der Waals surface area contributed by atoms with E-state index in [-0.39, 0.29) is 5.54 Å². The minimum atomic E-state index is -0.352. The summed E-state index contributed by atoms with van der Waals surface area (Å²) in [5, 5.41) is 13.6. The maximum absolute atomic E-state index is 9.28. The molecule has 0 atom stereocenters. The molecule has 0 unspecified atom stereocenters. The fourth-order valence-corrected chi connectivity index (χ4v) is 2.99. The summed E-state index contributed by atoms with van der Waals surface area (Å²) >= 11 is 3.42. The number of ether oxygens (including phenoxy) is 1. The predicted molar refractivity (Wildman–Crippen MR) is 68.9 cm³/mol. The molecule has 0 saturated carbocycles. The Labute approximate surface area is 114 Å². The van der Waals surface area contributed by atoms with E-state index in [0.29, 0.717) is 19.3 Å². The van der Waals surface area contributed by atoms with Crippen molar-refractivity contribution >= 4 is 15.9 Å². The van der Waals surface area contributed by atoms with Gasteiger partial charge in [0, 0.05) is 19.3 Å². The summed E-state index contributed by atoms with van der Waals surface area (Å²) in [4.78, 5) is 2.27. The summed E-state index contributed by atoms with van der Waals surface area (Å²) in [5.41, 5.74) is -0.352. The Morgan fingerprint density at radius 1 is 1.44 bits per heavy atom. The Morgan fingerprint density at radius 2 is 2.17 bits per heavy atom. The van der Waals surface area contributed by atoms with Crippen LogP contribution in [0.1, 0.15) is 18.9 Å². The summed E-state index contributed by atoms with van der Waals surface area (Å²) in [6.07, 6.45) is 5.92. The fraction of sp³-hybridized carbons (Fsp3) is 0.667. The Kier molecular flexibility index (Phi) is 3.14.